The maximum absolute atomic E-state index is 12.1. The Morgan fingerprint density at radius 2 is 1.94 bits per heavy atom. The zero-order valence-corrected chi connectivity index (χ0v) is 11.1. The van der Waals surface area contributed by atoms with Gasteiger partial charge >= 0.3 is 0 Å². The minimum atomic E-state index is 0.210. The first-order valence-corrected chi connectivity index (χ1v) is 6.75. The number of amides is 1. The molecule has 0 aromatic heterocycles. The van der Waals surface area contributed by atoms with Gasteiger partial charge in [-0.1, -0.05) is 0 Å². The number of nitrogens with zero attached hydrogens (tertiary/aromatic N) is 2. The van der Waals surface area contributed by atoms with Gasteiger partial charge in [0.2, 0.25) is 5.91 Å². The summed E-state index contributed by atoms with van der Waals surface area (Å²) in [6.07, 6.45) is 4.21. The molecule has 1 aliphatic carbocycles. The number of likely N-dealkylation sites (tertiary alicyclic amines) is 1. The Morgan fingerprint density at radius 1 is 1.35 bits per heavy atom. The Labute approximate surface area is 104 Å². The van der Waals surface area contributed by atoms with E-state index in [-0.39, 0.29) is 12.0 Å². The number of nitrogens with two attached hydrogens (primary N) is 1. The SMILES string of the molecule is CN1CCC(CN(C)C(=O)C2CC(N)C2)CC1. The second-order valence-corrected chi connectivity index (χ2v) is 5.89. The molecule has 0 aromatic carbocycles. The van der Waals surface area contributed by atoms with E-state index in [2.05, 4.69) is 11.9 Å². The van der Waals surface area contributed by atoms with Crippen molar-refractivity contribution in [3.05, 3.63) is 0 Å². The average Bonchev–Trinajstić information content (AvgIpc) is 2.27. The van der Waals surface area contributed by atoms with Crippen molar-refractivity contribution in [1.29, 1.82) is 0 Å². The van der Waals surface area contributed by atoms with Gasteiger partial charge in [-0.2, -0.15) is 0 Å². The molecule has 17 heavy (non-hydrogen) atoms. The molecule has 1 saturated heterocycles. The average molecular weight is 239 g/mol. The zero-order chi connectivity index (χ0) is 12.4. The number of piperidine rings is 1. The molecular formula is C13H25N3O. The van der Waals surface area contributed by atoms with Crippen molar-refractivity contribution in [3.8, 4) is 0 Å². The van der Waals surface area contributed by atoms with Crippen LogP contribution in [0.25, 0.3) is 0 Å². The molecule has 2 aliphatic rings. The highest BCUT2D eigenvalue weighted by atomic mass is 16.2. The number of hydrogen-bond acceptors (Lipinski definition) is 3. The number of rotatable bonds is 3. The van der Waals surface area contributed by atoms with Crippen molar-refractivity contribution in [2.24, 2.45) is 17.6 Å². The van der Waals surface area contributed by atoms with Gasteiger partial charge in [0.1, 0.15) is 0 Å². The Bertz CT molecular complexity index is 268. The molecule has 1 heterocycles. The summed E-state index contributed by atoms with van der Waals surface area (Å²) in [7, 11) is 4.12. The molecule has 0 bridgehead atoms. The van der Waals surface area contributed by atoms with Gasteiger partial charge in [0.05, 0.1) is 0 Å². The van der Waals surface area contributed by atoms with Crippen LogP contribution < -0.4 is 5.73 Å². The molecule has 2 N–H and O–H groups in total. The molecule has 2 rings (SSSR count). The summed E-state index contributed by atoms with van der Waals surface area (Å²) in [6, 6.07) is 0.265. The fourth-order valence-electron chi connectivity index (χ4n) is 2.90. The molecule has 0 unspecified atom stereocenters. The van der Waals surface area contributed by atoms with Crippen LogP contribution in [0.2, 0.25) is 0 Å². The van der Waals surface area contributed by atoms with Crippen LogP contribution in [0.3, 0.4) is 0 Å². The molecule has 2 fully saturated rings. The van der Waals surface area contributed by atoms with Gasteiger partial charge < -0.3 is 15.5 Å². The number of carbonyl (C=O) groups is 1. The van der Waals surface area contributed by atoms with Crippen LogP contribution in [0.1, 0.15) is 25.7 Å². The van der Waals surface area contributed by atoms with E-state index in [1.54, 1.807) is 0 Å². The monoisotopic (exact) mass is 239 g/mol. The summed E-state index contributed by atoms with van der Waals surface area (Å²) in [4.78, 5) is 16.4. The van der Waals surface area contributed by atoms with E-state index in [0.717, 1.165) is 19.4 Å². The van der Waals surface area contributed by atoms with Crippen LogP contribution in [0.4, 0.5) is 0 Å². The molecule has 1 aliphatic heterocycles. The van der Waals surface area contributed by atoms with Crippen LogP contribution in [0.15, 0.2) is 0 Å². The summed E-state index contributed by atoms with van der Waals surface area (Å²) < 4.78 is 0. The van der Waals surface area contributed by atoms with Gasteiger partial charge in [-0.15, -0.1) is 0 Å². The molecule has 1 amide bonds. The predicted molar refractivity (Wildman–Crippen MR) is 68.6 cm³/mol. The van der Waals surface area contributed by atoms with E-state index in [0.29, 0.717) is 11.8 Å². The third-order valence-corrected chi connectivity index (χ3v) is 4.27. The summed E-state index contributed by atoms with van der Waals surface area (Å²) >= 11 is 0. The van der Waals surface area contributed by atoms with E-state index in [1.165, 1.54) is 25.9 Å². The molecule has 98 valence electrons. The van der Waals surface area contributed by atoms with E-state index >= 15 is 0 Å². The fraction of sp³-hybridized carbons (Fsp3) is 0.923. The van der Waals surface area contributed by atoms with Crippen LogP contribution in [0, 0.1) is 11.8 Å². The van der Waals surface area contributed by atoms with Crippen molar-refractivity contribution < 1.29 is 4.79 Å². The van der Waals surface area contributed by atoms with Gasteiger partial charge in [0.25, 0.3) is 0 Å². The Kier molecular flexibility index (Phi) is 4.05. The van der Waals surface area contributed by atoms with Gasteiger partial charge in [0.15, 0.2) is 0 Å². The highest BCUT2D eigenvalue weighted by Gasteiger charge is 2.34. The van der Waals surface area contributed by atoms with Gasteiger partial charge in [-0.25, -0.2) is 0 Å². The van der Waals surface area contributed by atoms with Crippen LogP contribution in [-0.2, 0) is 4.79 Å². The van der Waals surface area contributed by atoms with E-state index < -0.39 is 0 Å². The molecule has 0 aromatic rings. The van der Waals surface area contributed by atoms with Gasteiger partial charge in [-0.05, 0) is 51.7 Å². The normalized spacial score (nSPS) is 31.0. The lowest BCUT2D eigenvalue weighted by Crippen LogP contribution is -2.47. The number of hydrogen-bond donors (Lipinski definition) is 1. The van der Waals surface area contributed by atoms with E-state index in [1.807, 2.05) is 11.9 Å². The fourth-order valence-corrected chi connectivity index (χ4v) is 2.90. The van der Waals surface area contributed by atoms with Crippen molar-refractivity contribution in [3.63, 3.8) is 0 Å². The van der Waals surface area contributed by atoms with Gasteiger partial charge in [-0.3, -0.25) is 4.79 Å². The third kappa shape index (κ3) is 3.19. The smallest absolute Gasteiger partial charge is 0.225 e. The summed E-state index contributed by atoms with van der Waals surface area (Å²) in [5.41, 5.74) is 5.73. The minimum Gasteiger partial charge on any atom is -0.345 e. The Balaban J connectivity index is 1.73. The highest BCUT2D eigenvalue weighted by molar-refractivity contribution is 5.79. The molecule has 4 heteroatoms. The lowest BCUT2D eigenvalue weighted by atomic mass is 9.80. The molecule has 4 nitrogen and oxygen atoms in total. The summed E-state index contributed by atoms with van der Waals surface area (Å²) in [5, 5.41) is 0. The van der Waals surface area contributed by atoms with Crippen molar-refractivity contribution in [2.75, 3.05) is 33.7 Å². The van der Waals surface area contributed by atoms with Crippen molar-refractivity contribution >= 4 is 5.91 Å². The van der Waals surface area contributed by atoms with Crippen LogP contribution in [-0.4, -0.2) is 55.5 Å². The first-order valence-electron chi connectivity index (χ1n) is 6.75. The second kappa shape index (κ2) is 5.36. The number of carbonyl (C=O) groups excluding carboxylic acids is 1. The Hall–Kier alpha value is -0.610. The standard InChI is InChI=1S/C13H25N3O/c1-15-5-3-10(4-6-15)9-16(2)13(17)11-7-12(14)8-11/h10-12H,3-9,14H2,1-2H3. The molecule has 0 radical (unpaired) electrons. The summed E-state index contributed by atoms with van der Waals surface area (Å²) in [5.74, 6) is 1.21. The van der Waals surface area contributed by atoms with Gasteiger partial charge in [0, 0.05) is 25.6 Å². The van der Waals surface area contributed by atoms with Crippen molar-refractivity contribution in [2.45, 2.75) is 31.7 Å². The molecule has 0 spiro atoms. The largest absolute Gasteiger partial charge is 0.345 e. The summed E-state index contributed by atoms with van der Waals surface area (Å²) in [6.45, 7) is 3.26. The first kappa shape index (κ1) is 12.8. The predicted octanol–water partition coefficient (Wildman–Crippen LogP) is 0.524. The first-order chi connectivity index (χ1) is 8.06. The lowest BCUT2D eigenvalue weighted by Gasteiger charge is -2.36. The zero-order valence-electron chi connectivity index (χ0n) is 11.1. The third-order valence-electron chi connectivity index (χ3n) is 4.27. The lowest BCUT2D eigenvalue weighted by molar-refractivity contribution is -0.138. The molecular weight excluding hydrogens is 214 g/mol. The minimum absolute atomic E-state index is 0.210. The van der Waals surface area contributed by atoms with E-state index in [9.17, 15) is 4.79 Å². The molecule has 1 saturated carbocycles. The van der Waals surface area contributed by atoms with Crippen LogP contribution in [0.5, 0.6) is 0 Å². The maximum atomic E-state index is 12.1. The maximum Gasteiger partial charge on any atom is 0.225 e. The van der Waals surface area contributed by atoms with E-state index in [4.69, 9.17) is 5.73 Å². The molecule has 0 atom stereocenters. The second-order valence-electron chi connectivity index (χ2n) is 5.89. The highest BCUT2D eigenvalue weighted by Crippen LogP contribution is 2.28. The Morgan fingerprint density at radius 3 is 2.47 bits per heavy atom. The van der Waals surface area contributed by atoms with Crippen molar-refractivity contribution in [1.82, 2.24) is 9.80 Å². The topological polar surface area (TPSA) is 49.6 Å². The van der Waals surface area contributed by atoms with Crippen LogP contribution >= 0.6 is 0 Å². The quantitative estimate of drug-likeness (QED) is 0.781.